The van der Waals surface area contributed by atoms with E-state index < -0.39 is 0 Å². The van der Waals surface area contributed by atoms with Crippen LogP contribution in [-0.2, 0) is 11.3 Å². The molecule has 3 heteroatoms. The SMILES string of the molecule is Brc1ccc(COCC[C@H]2CCCCN2)cc1. The predicted molar refractivity (Wildman–Crippen MR) is 74.1 cm³/mol. The van der Waals surface area contributed by atoms with Gasteiger partial charge in [-0.05, 0) is 43.5 Å². The standard InChI is InChI=1S/C14H20BrNO/c15-13-6-4-12(5-7-13)11-17-10-8-14-3-1-2-9-16-14/h4-7,14,16H,1-3,8-11H2/t14-/m1/s1. The first-order valence-corrected chi connectivity index (χ1v) is 7.19. The lowest BCUT2D eigenvalue weighted by molar-refractivity contribution is 0.108. The van der Waals surface area contributed by atoms with Crippen molar-refractivity contribution in [3.05, 3.63) is 34.3 Å². The molecule has 0 aliphatic carbocycles. The summed E-state index contributed by atoms with van der Waals surface area (Å²) in [5.74, 6) is 0. The van der Waals surface area contributed by atoms with Gasteiger partial charge >= 0.3 is 0 Å². The van der Waals surface area contributed by atoms with Gasteiger partial charge in [-0.1, -0.05) is 34.5 Å². The van der Waals surface area contributed by atoms with Crippen molar-refractivity contribution >= 4 is 15.9 Å². The van der Waals surface area contributed by atoms with Crippen molar-refractivity contribution in [3.8, 4) is 0 Å². The summed E-state index contributed by atoms with van der Waals surface area (Å²) in [5.41, 5.74) is 1.24. The number of hydrogen-bond acceptors (Lipinski definition) is 2. The molecule has 1 heterocycles. The number of piperidine rings is 1. The van der Waals surface area contributed by atoms with Crippen LogP contribution in [0.25, 0.3) is 0 Å². The highest BCUT2D eigenvalue weighted by atomic mass is 79.9. The van der Waals surface area contributed by atoms with Gasteiger partial charge in [0.2, 0.25) is 0 Å². The molecule has 0 spiro atoms. The molecule has 1 aliphatic rings. The first-order valence-electron chi connectivity index (χ1n) is 6.40. The van der Waals surface area contributed by atoms with Gasteiger partial charge in [0.1, 0.15) is 0 Å². The summed E-state index contributed by atoms with van der Waals surface area (Å²) in [7, 11) is 0. The zero-order valence-electron chi connectivity index (χ0n) is 10.1. The monoisotopic (exact) mass is 297 g/mol. The van der Waals surface area contributed by atoms with Gasteiger partial charge in [0.25, 0.3) is 0 Å². The molecular formula is C14H20BrNO. The first kappa shape index (κ1) is 13.1. The quantitative estimate of drug-likeness (QED) is 0.840. The fourth-order valence-electron chi connectivity index (χ4n) is 2.17. The van der Waals surface area contributed by atoms with E-state index >= 15 is 0 Å². The van der Waals surface area contributed by atoms with Crippen molar-refractivity contribution in [2.45, 2.75) is 38.3 Å². The van der Waals surface area contributed by atoms with Crippen LogP contribution in [0.3, 0.4) is 0 Å². The van der Waals surface area contributed by atoms with Crippen molar-refractivity contribution in [1.82, 2.24) is 5.32 Å². The van der Waals surface area contributed by atoms with Crippen molar-refractivity contribution in [1.29, 1.82) is 0 Å². The van der Waals surface area contributed by atoms with Gasteiger partial charge < -0.3 is 10.1 Å². The maximum absolute atomic E-state index is 5.71. The van der Waals surface area contributed by atoms with Crippen LogP contribution in [0.5, 0.6) is 0 Å². The number of benzene rings is 1. The molecule has 1 fully saturated rings. The number of hydrogen-bond donors (Lipinski definition) is 1. The van der Waals surface area contributed by atoms with E-state index in [1.165, 1.54) is 31.4 Å². The Bertz CT molecular complexity index is 319. The highest BCUT2D eigenvalue weighted by molar-refractivity contribution is 9.10. The van der Waals surface area contributed by atoms with Crippen LogP contribution in [-0.4, -0.2) is 19.2 Å². The lowest BCUT2D eigenvalue weighted by Gasteiger charge is -2.23. The van der Waals surface area contributed by atoms with E-state index in [0.717, 1.165) is 24.1 Å². The topological polar surface area (TPSA) is 21.3 Å². The average molecular weight is 298 g/mol. The third kappa shape index (κ3) is 4.78. The van der Waals surface area contributed by atoms with Crippen LogP contribution in [0, 0.1) is 0 Å². The zero-order valence-corrected chi connectivity index (χ0v) is 11.7. The summed E-state index contributed by atoms with van der Waals surface area (Å²) in [6.45, 7) is 2.76. The lowest BCUT2D eigenvalue weighted by atomic mass is 10.0. The molecule has 94 valence electrons. The second kappa shape index (κ2) is 7.14. The second-order valence-corrected chi connectivity index (χ2v) is 5.53. The van der Waals surface area contributed by atoms with Gasteiger partial charge in [0.05, 0.1) is 6.61 Å². The molecule has 0 saturated carbocycles. The van der Waals surface area contributed by atoms with E-state index in [-0.39, 0.29) is 0 Å². The maximum atomic E-state index is 5.71. The Hall–Kier alpha value is -0.380. The van der Waals surface area contributed by atoms with Crippen LogP contribution < -0.4 is 5.32 Å². The molecule has 1 atom stereocenters. The summed E-state index contributed by atoms with van der Waals surface area (Å²) in [6.07, 6.45) is 5.14. The molecule has 0 bridgehead atoms. The summed E-state index contributed by atoms with van der Waals surface area (Å²) in [5, 5.41) is 3.54. The first-order chi connectivity index (χ1) is 8.34. The Labute approximate surface area is 112 Å². The summed E-state index contributed by atoms with van der Waals surface area (Å²) in [6, 6.07) is 8.99. The minimum Gasteiger partial charge on any atom is -0.377 e. The minimum atomic E-state index is 0.675. The van der Waals surface area contributed by atoms with E-state index in [0.29, 0.717) is 6.04 Å². The molecular weight excluding hydrogens is 278 g/mol. The molecule has 0 aromatic heterocycles. The van der Waals surface area contributed by atoms with Crippen LogP contribution in [0.4, 0.5) is 0 Å². The van der Waals surface area contributed by atoms with Gasteiger partial charge in [-0.3, -0.25) is 0 Å². The molecule has 1 saturated heterocycles. The van der Waals surface area contributed by atoms with Crippen LogP contribution in [0.2, 0.25) is 0 Å². The van der Waals surface area contributed by atoms with Gasteiger partial charge in [0.15, 0.2) is 0 Å². The highest BCUT2D eigenvalue weighted by Crippen LogP contribution is 2.12. The van der Waals surface area contributed by atoms with E-state index in [1.54, 1.807) is 0 Å². The molecule has 0 amide bonds. The average Bonchev–Trinajstić information content (AvgIpc) is 2.38. The minimum absolute atomic E-state index is 0.675. The molecule has 1 N–H and O–H groups in total. The number of ether oxygens (including phenoxy) is 1. The third-order valence-electron chi connectivity index (χ3n) is 3.21. The summed E-state index contributed by atoms with van der Waals surface area (Å²) in [4.78, 5) is 0. The van der Waals surface area contributed by atoms with Gasteiger partial charge in [-0.25, -0.2) is 0 Å². The Morgan fingerprint density at radius 3 is 2.76 bits per heavy atom. The second-order valence-electron chi connectivity index (χ2n) is 4.61. The third-order valence-corrected chi connectivity index (χ3v) is 3.73. The number of nitrogens with one attached hydrogen (secondary N) is 1. The number of rotatable bonds is 5. The normalized spacial score (nSPS) is 20.4. The van der Waals surface area contributed by atoms with Crippen molar-refractivity contribution in [2.24, 2.45) is 0 Å². The van der Waals surface area contributed by atoms with E-state index in [4.69, 9.17) is 4.74 Å². The van der Waals surface area contributed by atoms with E-state index in [2.05, 4.69) is 45.5 Å². The largest absolute Gasteiger partial charge is 0.377 e. The van der Waals surface area contributed by atoms with Gasteiger partial charge in [-0.2, -0.15) is 0 Å². The molecule has 1 aliphatic heterocycles. The maximum Gasteiger partial charge on any atom is 0.0716 e. The smallest absolute Gasteiger partial charge is 0.0716 e. The summed E-state index contributed by atoms with van der Waals surface area (Å²) < 4.78 is 6.83. The molecule has 2 nitrogen and oxygen atoms in total. The lowest BCUT2D eigenvalue weighted by Crippen LogP contribution is -2.34. The Morgan fingerprint density at radius 2 is 2.06 bits per heavy atom. The predicted octanol–water partition coefficient (Wildman–Crippen LogP) is 3.50. The zero-order chi connectivity index (χ0) is 11.9. The van der Waals surface area contributed by atoms with E-state index in [1.807, 2.05) is 0 Å². The number of halogens is 1. The Balaban J connectivity index is 1.60. The summed E-state index contributed by atoms with van der Waals surface area (Å²) >= 11 is 3.43. The van der Waals surface area contributed by atoms with Crippen molar-refractivity contribution in [3.63, 3.8) is 0 Å². The van der Waals surface area contributed by atoms with Crippen molar-refractivity contribution < 1.29 is 4.74 Å². The van der Waals surface area contributed by atoms with Crippen LogP contribution in [0.1, 0.15) is 31.2 Å². The molecule has 17 heavy (non-hydrogen) atoms. The molecule has 0 radical (unpaired) electrons. The molecule has 1 aromatic carbocycles. The highest BCUT2D eigenvalue weighted by Gasteiger charge is 2.11. The Kier molecular flexibility index (Phi) is 5.49. The molecule has 1 aromatic rings. The van der Waals surface area contributed by atoms with Crippen LogP contribution >= 0.6 is 15.9 Å². The fourth-order valence-corrected chi connectivity index (χ4v) is 2.43. The Morgan fingerprint density at radius 1 is 1.24 bits per heavy atom. The molecule has 0 unspecified atom stereocenters. The van der Waals surface area contributed by atoms with Crippen LogP contribution in [0.15, 0.2) is 28.7 Å². The van der Waals surface area contributed by atoms with Gasteiger partial charge in [0, 0.05) is 17.1 Å². The fraction of sp³-hybridized carbons (Fsp3) is 0.571. The van der Waals surface area contributed by atoms with Gasteiger partial charge in [-0.15, -0.1) is 0 Å². The molecule has 2 rings (SSSR count). The van der Waals surface area contributed by atoms with Crippen molar-refractivity contribution in [2.75, 3.05) is 13.2 Å². The van der Waals surface area contributed by atoms with E-state index in [9.17, 15) is 0 Å².